The van der Waals surface area contributed by atoms with Crippen LogP contribution in [-0.4, -0.2) is 14.8 Å². The first kappa shape index (κ1) is 9.59. The number of phosphoric ester groups is 1. The second kappa shape index (κ2) is 3.68. The molecule has 2 N–H and O–H groups in total. The zero-order chi connectivity index (χ0) is 7.49. The van der Waals surface area contributed by atoms with Gasteiger partial charge in [0.2, 0.25) is 0 Å². The minimum atomic E-state index is -4.29. The van der Waals surface area contributed by atoms with E-state index in [2.05, 4.69) is 20.5 Å². The molecule has 1 unspecified atom stereocenters. The molecule has 0 aliphatic heterocycles. The second-order valence-corrected chi connectivity index (χ2v) is 3.63. The topological polar surface area (TPSA) is 66.8 Å². The third-order valence-corrected chi connectivity index (χ3v) is 2.23. The molecular weight excluding hydrogens is 211 g/mol. The summed E-state index contributed by atoms with van der Waals surface area (Å²) >= 11 is 2.90. The van der Waals surface area contributed by atoms with Crippen molar-refractivity contribution in [3.8, 4) is 0 Å². The standard InChI is InChI=1S/C3H8BrO4P/c1-2-3(4)8-9(5,6)7/h3H,2H2,1H3,(H2,5,6,7). The molecule has 0 saturated heterocycles. The molecular formula is C3H8BrO4P. The molecule has 0 bridgehead atoms. The van der Waals surface area contributed by atoms with Crippen LogP contribution in [0.3, 0.4) is 0 Å². The van der Waals surface area contributed by atoms with Crippen molar-refractivity contribution < 1.29 is 18.9 Å². The normalized spacial score (nSPS) is 15.6. The van der Waals surface area contributed by atoms with Crippen molar-refractivity contribution in [2.45, 2.75) is 18.4 Å². The third kappa shape index (κ3) is 6.48. The number of phosphoric acid groups is 1. The van der Waals surface area contributed by atoms with Gasteiger partial charge in [-0.15, -0.1) is 0 Å². The Morgan fingerprint density at radius 3 is 2.33 bits per heavy atom. The van der Waals surface area contributed by atoms with Gasteiger partial charge in [0, 0.05) is 0 Å². The van der Waals surface area contributed by atoms with Gasteiger partial charge < -0.3 is 9.79 Å². The molecule has 0 aromatic rings. The highest BCUT2D eigenvalue weighted by molar-refractivity contribution is 9.09. The van der Waals surface area contributed by atoms with Crippen LogP contribution in [-0.2, 0) is 9.09 Å². The van der Waals surface area contributed by atoms with E-state index in [-0.39, 0.29) is 0 Å². The van der Waals surface area contributed by atoms with Crippen molar-refractivity contribution in [3.05, 3.63) is 0 Å². The fourth-order valence-electron chi connectivity index (χ4n) is 0.224. The van der Waals surface area contributed by atoms with Crippen LogP contribution in [0.5, 0.6) is 0 Å². The maximum atomic E-state index is 10.0. The van der Waals surface area contributed by atoms with Gasteiger partial charge in [-0.25, -0.2) is 4.57 Å². The summed E-state index contributed by atoms with van der Waals surface area (Å²) in [5.74, 6) is 0. The zero-order valence-electron chi connectivity index (χ0n) is 4.82. The molecule has 0 saturated carbocycles. The van der Waals surface area contributed by atoms with Crippen molar-refractivity contribution >= 4 is 23.8 Å². The molecule has 0 aliphatic rings. The highest BCUT2D eigenvalue weighted by Crippen LogP contribution is 2.39. The van der Waals surface area contributed by atoms with E-state index >= 15 is 0 Å². The summed E-state index contributed by atoms with van der Waals surface area (Å²) in [6.07, 6.45) is 0.519. The van der Waals surface area contributed by atoms with Crippen molar-refractivity contribution in [2.24, 2.45) is 0 Å². The quantitative estimate of drug-likeness (QED) is 0.553. The lowest BCUT2D eigenvalue weighted by Gasteiger charge is -2.08. The second-order valence-electron chi connectivity index (χ2n) is 1.41. The Morgan fingerprint density at radius 2 is 2.22 bits per heavy atom. The Balaban J connectivity index is 3.60. The Hall–Kier alpha value is 0.590. The Bertz CT molecular complexity index is 121. The lowest BCUT2D eigenvalue weighted by Crippen LogP contribution is -1.99. The number of hydrogen-bond donors (Lipinski definition) is 2. The van der Waals surface area contributed by atoms with E-state index in [4.69, 9.17) is 9.79 Å². The summed E-state index contributed by atoms with van der Waals surface area (Å²) in [6, 6.07) is 0. The number of hydrogen-bond acceptors (Lipinski definition) is 2. The van der Waals surface area contributed by atoms with Crippen LogP contribution in [0.15, 0.2) is 0 Å². The number of rotatable bonds is 3. The van der Waals surface area contributed by atoms with Gasteiger partial charge in [-0.2, -0.15) is 0 Å². The van der Waals surface area contributed by atoms with Crippen LogP contribution in [0.1, 0.15) is 13.3 Å². The van der Waals surface area contributed by atoms with Crippen molar-refractivity contribution in [1.29, 1.82) is 0 Å². The van der Waals surface area contributed by atoms with Gasteiger partial charge in [0.15, 0.2) is 0 Å². The van der Waals surface area contributed by atoms with Gasteiger partial charge >= 0.3 is 7.82 Å². The monoisotopic (exact) mass is 218 g/mol. The van der Waals surface area contributed by atoms with Crippen LogP contribution in [0.2, 0.25) is 0 Å². The van der Waals surface area contributed by atoms with Crippen molar-refractivity contribution in [3.63, 3.8) is 0 Å². The van der Waals surface area contributed by atoms with Gasteiger partial charge in [-0.1, -0.05) is 22.9 Å². The molecule has 56 valence electrons. The largest absolute Gasteiger partial charge is 0.470 e. The van der Waals surface area contributed by atoms with Crippen LogP contribution in [0.25, 0.3) is 0 Å². The maximum Gasteiger partial charge on any atom is 0.470 e. The van der Waals surface area contributed by atoms with E-state index in [9.17, 15) is 4.57 Å². The molecule has 0 fully saturated rings. The summed E-state index contributed by atoms with van der Waals surface area (Å²) in [7, 11) is -4.29. The first-order valence-corrected chi connectivity index (χ1v) is 4.78. The molecule has 0 aromatic heterocycles. The average molecular weight is 219 g/mol. The molecule has 1 atom stereocenters. The maximum absolute atomic E-state index is 10.0. The Kier molecular flexibility index (Phi) is 3.93. The third-order valence-electron chi connectivity index (χ3n) is 0.573. The molecule has 9 heavy (non-hydrogen) atoms. The predicted molar refractivity (Wildman–Crippen MR) is 36.1 cm³/mol. The van der Waals surface area contributed by atoms with Crippen LogP contribution >= 0.6 is 23.8 Å². The summed E-state index contributed by atoms with van der Waals surface area (Å²) < 4.78 is 14.2. The first-order valence-electron chi connectivity index (χ1n) is 2.33. The van der Waals surface area contributed by atoms with Gasteiger partial charge in [0.25, 0.3) is 0 Å². The molecule has 0 spiro atoms. The predicted octanol–water partition coefficient (Wildman–Crippen LogP) is 1.23. The fourth-order valence-corrected chi connectivity index (χ4v) is 1.32. The molecule has 0 amide bonds. The smallest absolute Gasteiger partial charge is 0.303 e. The summed E-state index contributed by atoms with van der Waals surface area (Å²) in [5.41, 5.74) is 0. The van der Waals surface area contributed by atoms with Crippen molar-refractivity contribution in [2.75, 3.05) is 0 Å². The Morgan fingerprint density at radius 1 is 1.78 bits per heavy atom. The van der Waals surface area contributed by atoms with Gasteiger partial charge in [-0.3, -0.25) is 4.52 Å². The number of alkyl halides is 1. The molecule has 0 aliphatic carbocycles. The van der Waals surface area contributed by atoms with Crippen LogP contribution < -0.4 is 0 Å². The molecule has 0 rings (SSSR count). The van der Waals surface area contributed by atoms with E-state index in [0.29, 0.717) is 6.42 Å². The highest BCUT2D eigenvalue weighted by atomic mass is 79.9. The molecule has 0 heterocycles. The van der Waals surface area contributed by atoms with E-state index in [1.165, 1.54) is 0 Å². The zero-order valence-corrected chi connectivity index (χ0v) is 7.30. The molecule has 0 radical (unpaired) electrons. The SMILES string of the molecule is CCC(Br)OP(=O)(O)O. The molecule has 6 heteroatoms. The minimum Gasteiger partial charge on any atom is -0.303 e. The average Bonchev–Trinajstić information content (AvgIpc) is 1.62. The van der Waals surface area contributed by atoms with Gasteiger partial charge in [0.05, 0.1) is 0 Å². The van der Waals surface area contributed by atoms with E-state index in [1.54, 1.807) is 6.92 Å². The number of halogens is 1. The van der Waals surface area contributed by atoms with Gasteiger partial charge in [0.1, 0.15) is 5.01 Å². The first-order chi connectivity index (χ1) is 3.95. The summed E-state index contributed by atoms with van der Waals surface area (Å²) in [5, 5.41) is -0.557. The lowest BCUT2D eigenvalue weighted by atomic mass is 10.5. The fraction of sp³-hybridized carbons (Fsp3) is 1.00. The highest BCUT2D eigenvalue weighted by Gasteiger charge is 2.17. The van der Waals surface area contributed by atoms with E-state index < -0.39 is 12.8 Å². The van der Waals surface area contributed by atoms with Crippen molar-refractivity contribution in [1.82, 2.24) is 0 Å². The van der Waals surface area contributed by atoms with E-state index in [1.807, 2.05) is 0 Å². The summed E-state index contributed by atoms with van der Waals surface area (Å²) in [4.78, 5) is 16.4. The van der Waals surface area contributed by atoms with Gasteiger partial charge in [-0.05, 0) is 6.42 Å². The molecule has 0 aromatic carbocycles. The lowest BCUT2D eigenvalue weighted by molar-refractivity contribution is 0.183. The van der Waals surface area contributed by atoms with E-state index in [0.717, 1.165) is 0 Å². The Labute approximate surface area is 61.6 Å². The summed E-state index contributed by atoms with van der Waals surface area (Å²) in [6.45, 7) is 1.75. The van der Waals surface area contributed by atoms with Crippen LogP contribution in [0.4, 0.5) is 0 Å². The minimum absolute atomic E-state index is 0.519. The molecule has 4 nitrogen and oxygen atoms in total. The van der Waals surface area contributed by atoms with Crippen LogP contribution in [0, 0.1) is 0 Å².